The lowest BCUT2D eigenvalue weighted by atomic mass is 10.2. The van der Waals surface area contributed by atoms with Crippen LogP contribution in [0.5, 0.6) is 0 Å². The van der Waals surface area contributed by atoms with Crippen LogP contribution >= 0.6 is 11.8 Å². The van der Waals surface area contributed by atoms with Crippen molar-refractivity contribution >= 4 is 29.3 Å². The van der Waals surface area contributed by atoms with Crippen LogP contribution in [0.2, 0.25) is 0 Å². The maximum absolute atomic E-state index is 11.8. The Morgan fingerprint density at radius 3 is 2.68 bits per heavy atom. The van der Waals surface area contributed by atoms with Gasteiger partial charge in [0, 0.05) is 17.3 Å². The van der Waals surface area contributed by atoms with Crippen LogP contribution in [0.3, 0.4) is 0 Å². The Morgan fingerprint density at radius 2 is 2.05 bits per heavy atom. The van der Waals surface area contributed by atoms with E-state index in [1.165, 1.54) is 18.1 Å². The van der Waals surface area contributed by atoms with Gasteiger partial charge < -0.3 is 10.6 Å². The summed E-state index contributed by atoms with van der Waals surface area (Å²) in [7, 11) is 0. The molecule has 7 nitrogen and oxygen atoms in total. The smallest absolute Gasteiger partial charge is 0.251 e. The minimum absolute atomic E-state index is 0.0683. The molecule has 1 saturated carbocycles. The number of carbonyl (C=O) groups is 2. The minimum Gasteiger partial charge on any atom is -0.349 e. The van der Waals surface area contributed by atoms with Gasteiger partial charge in [-0.25, -0.2) is 4.98 Å². The highest BCUT2D eigenvalue weighted by Gasteiger charge is 2.23. The molecule has 0 saturated heterocycles. The maximum atomic E-state index is 11.8. The highest BCUT2D eigenvalue weighted by atomic mass is 32.2. The zero-order valence-electron chi connectivity index (χ0n) is 11.7. The molecule has 0 atom stereocenters. The van der Waals surface area contributed by atoms with Crippen molar-refractivity contribution in [2.24, 2.45) is 0 Å². The summed E-state index contributed by atoms with van der Waals surface area (Å²) < 4.78 is 0. The Labute approximate surface area is 131 Å². The van der Waals surface area contributed by atoms with Crippen molar-refractivity contribution in [1.29, 1.82) is 0 Å². The zero-order chi connectivity index (χ0) is 15.4. The van der Waals surface area contributed by atoms with E-state index in [-0.39, 0.29) is 17.6 Å². The Balaban J connectivity index is 1.49. The van der Waals surface area contributed by atoms with Gasteiger partial charge in [-0.2, -0.15) is 5.10 Å². The quantitative estimate of drug-likeness (QED) is 0.700. The number of benzene rings is 1. The van der Waals surface area contributed by atoms with E-state index < -0.39 is 0 Å². The fourth-order valence-electron chi connectivity index (χ4n) is 1.80. The van der Waals surface area contributed by atoms with E-state index in [1.807, 2.05) is 0 Å². The van der Waals surface area contributed by atoms with Crippen LogP contribution in [0.15, 0.2) is 35.7 Å². The molecule has 0 unspecified atom stereocenters. The number of hydrogen-bond acceptors (Lipinski definition) is 5. The van der Waals surface area contributed by atoms with Gasteiger partial charge >= 0.3 is 0 Å². The van der Waals surface area contributed by atoms with Crippen molar-refractivity contribution < 1.29 is 9.59 Å². The number of thioether (sulfide) groups is 1. The molecule has 0 spiro atoms. The van der Waals surface area contributed by atoms with E-state index in [0.29, 0.717) is 22.4 Å². The third kappa shape index (κ3) is 4.08. The summed E-state index contributed by atoms with van der Waals surface area (Å²) in [5.41, 5.74) is 1.26. The molecule has 3 N–H and O–H groups in total. The third-order valence-electron chi connectivity index (χ3n) is 3.08. The third-order valence-corrected chi connectivity index (χ3v) is 3.95. The van der Waals surface area contributed by atoms with Gasteiger partial charge in [0.15, 0.2) is 5.16 Å². The average Bonchev–Trinajstić information content (AvgIpc) is 3.17. The van der Waals surface area contributed by atoms with Crippen LogP contribution in [-0.2, 0) is 4.79 Å². The summed E-state index contributed by atoms with van der Waals surface area (Å²) in [6, 6.07) is 7.19. The molecule has 1 heterocycles. The second kappa shape index (κ2) is 6.61. The first-order valence-corrected chi connectivity index (χ1v) is 7.88. The number of nitrogens with one attached hydrogen (secondary N) is 3. The molecule has 114 valence electrons. The van der Waals surface area contributed by atoms with E-state index in [1.54, 1.807) is 24.3 Å². The number of aromatic nitrogens is 3. The Kier molecular flexibility index (Phi) is 4.38. The van der Waals surface area contributed by atoms with Crippen molar-refractivity contribution in [2.75, 3.05) is 11.1 Å². The van der Waals surface area contributed by atoms with Crippen molar-refractivity contribution in [2.45, 2.75) is 24.0 Å². The maximum Gasteiger partial charge on any atom is 0.251 e. The van der Waals surface area contributed by atoms with E-state index in [9.17, 15) is 9.59 Å². The van der Waals surface area contributed by atoms with Gasteiger partial charge in [0.2, 0.25) is 5.91 Å². The molecule has 1 aliphatic rings. The number of nitrogens with zero attached hydrogens (tertiary/aromatic N) is 2. The number of anilines is 1. The fourth-order valence-corrected chi connectivity index (χ4v) is 2.38. The van der Waals surface area contributed by atoms with E-state index in [4.69, 9.17) is 0 Å². The zero-order valence-corrected chi connectivity index (χ0v) is 12.5. The monoisotopic (exact) mass is 317 g/mol. The number of carbonyl (C=O) groups excluding carboxylic acids is 2. The molecule has 1 aromatic carbocycles. The SMILES string of the molecule is O=C(CSc1ncn[nH]1)Nc1ccc(C(=O)NC2CC2)cc1. The molecule has 3 rings (SSSR count). The molecule has 1 aliphatic carbocycles. The summed E-state index contributed by atoms with van der Waals surface area (Å²) >= 11 is 1.27. The average molecular weight is 317 g/mol. The fraction of sp³-hybridized carbons (Fsp3) is 0.286. The molecule has 2 amide bonds. The summed E-state index contributed by atoms with van der Waals surface area (Å²) in [5.74, 6) is 0.0249. The lowest BCUT2D eigenvalue weighted by molar-refractivity contribution is -0.113. The first-order valence-electron chi connectivity index (χ1n) is 6.89. The summed E-state index contributed by atoms with van der Waals surface area (Å²) in [5, 5.41) is 12.7. The van der Waals surface area contributed by atoms with Crippen molar-refractivity contribution in [1.82, 2.24) is 20.5 Å². The van der Waals surface area contributed by atoms with Crippen LogP contribution in [0.4, 0.5) is 5.69 Å². The summed E-state index contributed by atoms with van der Waals surface area (Å²) in [6.07, 6.45) is 3.51. The Hall–Kier alpha value is -2.35. The Bertz CT molecular complexity index is 652. The molecule has 1 aromatic heterocycles. The van der Waals surface area contributed by atoms with Crippen molar-refractivity contribution in [3.8, 4) is 0 Å². The molecule has 1 fully saturated rings. The predicted molar refractivity (Wildman–Crippen MR) is 82.7 cm³/mol. The first kappa shape index (κ1) is 14.6. The van der Waals surface area contributed by atoms with Crippen molar-refractivity contribution in [3.63, 3.8) is 0 Å². The molecule has 8 heteroatoms. The first-order chi connectivity index (χ1) is 10.7. The van der Waals surface area contributed by atoms with Gasteiger partial charge in [-0.1, -0.05) is 11.8 Å². The number of H-pyrrole nitrogens is 1. The van der Waals surface area contributed by atoms with Crippen LogP contribution < -0.4 is 10.6 Å². The van der Waals surface area contributed by atoms with E-state index >= 15 is 0 Å². The standard InChI is InChI=1S/C14H15N5O2S/c20-12(7-22-14-15-8-16-19-14)17-10-3-1-9(2-4-10)13(21)18-11-5-6-11/h1-4,8,11H,5-7H2,(H,17,20)(H,18,21)(H,15,16,19). The minimum atomic E-state index is -0.142. The largest absolute Gasteiger partial charge is 0.349 e. The lowest BCUT2D eigenvalue weighted by Crippen LogP contribution is -2.25. The number of aromatic amines is 1. The summed E-state index contributed by atoms with van der Waals surface area (Å²) in [4.78, 5) is 27.6. The number of hydrogen-bond donors (Lipinski definition) is 3. The molecule has 2 aromatic rings. The van der Waals surface area contributed by atoms with Crippen LogP contribution in [-0.4, -0.2) is 38.8 Å². The predicted octanol–water partition coefficient (Wildman–Crippen LogP) is 1.43. The van der Waals surface area contributed by atoms with Gasteiger partial charge in [-0.15, -0.1) is 0 Å². The molecule has 22 heavy (non-hydrogen) atoms. The van der Waals surface area contributed by atoms with Gasteiger partial charge in [-0.3, -0.25) is 14.7 Å². The Morgan fingerprint density at radius 1 is 1.27 bits per heavy atom. The molecule has 0 radical (unpaired) electrons. The second-order valence-electron chi connectivity index (χ2n) is 4.95. The van der Waals surface area contributed by atoms with E-state index in [2.05, 4.69) is 25.8 Å². The van der Waals surface area contributed by atoms with Gasteiger partial charge in [0.1, 0.15) is 6.33 Å². The second-order valence-corrected chi connectivity index (χ2v) is 5.92. The normalized spacial score (nSPS) is 13.6. The van der Waals surface area contributed by atoms with Crippen LogP contribution in [0.1, 0.15) is 23.2 Å². The van der Waals surface area contributed by atoms with Gasteiger partial charge in [-0.05, 0) is 37.1 Å². The van der Waals surface area contributed by atoms with E-state index in [0.717, 1.165) is 12.8 Å². The number of rotatable bonds is 6. The van der Waals surface area contributed by atoms with Crippen LogP contribution in [0, 0.1) is 0 Å². The van der Waals surface area contributed by atoms with Crippen molar-refractivity contribution in [3.05, 3.63) is 36.2 Å². The lowest BCUT2D eigenvalue weighted by Gasteiger charge is -2.06. The molecular weight excluding hydrogens is 302 g/mol. The van der Waals surface area contributed by atoms with Crippen LogP contribution in [0.25, 0.3) is 0 Å². The molecule has 0 bridgehead atoms. The number of amides is 2. The molecular formula is C14H15N5O2S. The summed E-state index contributed by atoms with van der Waals surface area (Å²) in [6.45, 7) is 0. The van der Waals surface area contributed by atoms with Gasteiger partial charge in [0.05, 0.1) is 5.75 Å². The molecule has 0 aliphatic heterocycles. The van der Waals surface area contributed by atoms with Gasteiger partial charge in [0.25, 0.3) is 5.91 Å². The topological polar surface area (TPSA) is 99.8 Å². The highest BCUT2D eigenvalue weighted by molar-refractivity contribution is 7.99. The highest BCUT2D eigenvalue weighted by Crippen LogP contribution is 2.19.